The maximum Gasteiger partial charge on any atom is 0.287 e. The number of pyridine rings is 1. The average Bonchev–Trinajstić information content (AvgIpc) is 3.17. The van der Waals surface area contributed by atoms with Gasteiger partial charge in [-0.1, -0.05) is 13.0 Å². The van der Waals surface area contributed by atoms with Crippen molar-refractivity contribution in [2.24, 2.45) is 0 Å². The maximum absolute atomic E-state index is 12.2. The van der Waals surface area contributed by atoms with Crippen molar-refractivity contribution >= 4 is 5.91 Å². The van der Waals surface area contributed by atoms with E-state index < -0.39 is 0 Å². The molecule has 0 aromatic carbocycles. The molecule has 3 heterocycles. The van der Waals surface area contributed by atoms with E-state index in [-0.39, 0.29) is 18.1 Å². The van der Waals surface area contributed by atoms with E-state index in [0.29, 0.717) is 12.4 Å². The number of aryl methyl sites for hydroxylation is 1. The fraction of sp³-hybridized carbons (Fsp3) is 0.375. The molecule has 0 radical (unpaired) electrons. The molecular formula is C16H18N2O3. The zero-order valence-corrected chi connectivity index (χ0v) is 11.9. The van der Waals surface area contributed by atoms with Gasteiger partial charge in [0.2, 0.25) is 0 Å². The van der Waals surface area contributed by atoms with Crippen LogP contribution in [0.3, 0.4) is 0 Å². The fourth-order valence-corrected chi connectivity index (χ4v) is 2.54. The van der Waals surface area contributed by atoms with Gasteiger partial charge in [0.1, 0.15) is 11.9 Å². The van der Waals surface area contributed by atoms with E-state index in [2.05, 4.69) is 10.3 Å². The summed E-state index contributed by atoms with van der Waals surface area (Å²) < 4.78 is 11.2. The van der Waals surface area contributed by atoms with Crippen LogP contribution >= 0.6 is 0 Å². The van der Waals surface area contributed by atoms with Gasteiger partial charge in [0.15, 0.2) is 5.76 Å². The SMILES string of the molecule is CCc1ccc(C(=O)N[C@H]2CCO[C@@H]2c2cccnc2)o1. The topological polar surface area (TPSA) is 64.4 Å². The van der Waals surface area contributed by atoms with Gasteiger partial charge in [-0.05, 0) is 24.6 Å². The van der Waals surface area contributed by atoms with Gasteiger partial charge in [-0.15, -0.1) is 0 Å². The Bertz CT molecular complexity index is 609. The largest absolute Gasteiger partial charge is 0.456 e. The molecule has 1 N–H and O–H groups in total. The van der Waals surface area contributed by atoms with Crippen molar-refractivity contribution in [2.45, 2.75) is 31.9 Å². The molecule has 0 saturated carbocycles. The second-order valence-corrected chi connectivity index (χ2v) is 5.07. The van der Waals surface area contributed by atoms with E-state index in [4.69, 9.17) is 9.15 Å². The van der Waals surface area contributed by atoms with Crippen LogP contribution in [-0.2, 0) is 11.2 Å². The number of hydrogen-bond donors (Lipinski definition) is 1. The van der Waals surface area contributed by atoms with Crippen molar-refractivity contribution < 1.29 is 13.9 Å². The molecule has 1 aliphatic rings. The first-order valence-electron chi connectivity index (χ1n) is 7.19. The Labute approximate surface area is 123 Å². The van der Waals surface area contributed by atoms with Gasteiger partial charge in [-0.25, -0.2) is 0 Å². The summed E-state index contributed by atoms with van der Waals surface area (Å²) in [5.74, 6) is 0.967. The molecule has 0 bridgehead atoms. The van der Waals surface area contributed by atoms with Gasteiger partial charge in [-0.3, -0.25) is 9.78 Å². The van der Waals surface area contributed by atoms with Crippen LogP contribution in [0, 0.1) is 0 Å². The summed E-state index contributed by atoms with van der Waals surface area (Å²) in [7, 11) is 0. The van der Waals surface area contributed by atoms with E-state index in [1.54, 1.807) is 18.5 Å². The van der Waals surface area contributed by atoms with E-state index in [9.17, 15) is 4.79 Å². The van der Waals surface area contributed by atoms with E-state index in [1.165, 1.54) is 0 Å². The minimum absolute atomic E-state index is 0.0584. The summed E-state index contributed by atoms with van der Waals surface area (Å²) in [5.41, 5.74) is 0.981. The first-order valence-corrected chi connectivity index (χ1v) is 7.19. The van der Waals surface area contributed by atoms with Crippen molar-refractivity contribution in [1.82, 2.24) is 10.3 Å². The quantitative estimate of drug-likeness (QED) is 0.938. The van der Waals surface area contributed by atoms with Crippen LogP contribution in [-0.4, -0.2) is 23.5 Å². The number of aromatic nitrogens is 1. The molecule has 0 unspecified atom stereocenters. The zero-order chi connectivity index (χ0) is 14.7. The minimum Gasteiger partial charge on any atom is -0.456 e. The molecule has 0 aliphatic carbocycles. The molecule has 2 aromatic rings. The first kappa shape index (κ1) is 13.8. The van der Waals surface area contributed by atoms with E-state index in [1.807, 2.05) is 25.1 Å². The molecule has 0 spiro atoms. The highest BCUT2D eigenvalue weighted by molar-refractivity contribution is 5.91. The number of carbonyl (C=O) groups is 1. The second kappa shape index (κ2) is 6.10. The number of ether oxygens (including phenoxy) is 1. The molecule has 1 fully saturated rings. The highest BCUT2D eigenvalue weighted by Gasteiger charge is 2.31. The number of carbonyl (C=O) groups excluding carboxylic acids is 1. The van der Waals surface area contributed by atoms with Crippen molar-refractivity contribution in [2.75, 3.05) is 6.61 Å². The number of rotatable bonds is 4. The van der Waals surface area contributed by atoms with Crippen LogP contribution in [0.15, 0.2) is 41.1 Å². The molecule has 110 valence electrons. The second-order valence-electron chi connectivity index (χ2n) is 5.07. The van der Waals surface area contributed by atoms with Crippen LogP contribution in [0.25, 0.3) is 0 Å². The summed E-state index contributed by atoms with van der Waals surface area (Å²) in [6.07, 6.45) is 4.91. The predicted molar refractivity (Wildman–Crippen MR) is 76.9 cm³/mol. The average molecular weight is 286 g/mol. The molecule has 5 heteroatoms. The summed E-state index contributed by atoms with van der Waals surface area (Å²) >= 11 is 0. The molecule has 2 aromatic heterocycles. The van der Waals surface area contributed by atoms with Gasteiger partial charge in [0, 0.05) is 31.0 Å². The standard InChI is InChI=1S/C16H18N2O3/c1-2-12-5-6-14(21-12)16(19)18-13-7-9-20-15(13)11-4-3-8-17-10-11/h3-6,8,10,13,15H,2,7,9H2,1H3,(H,18,19)/t13-,15+/m0/s1. The third-order valence-electron chi connectivity index (χ3n) is 3.66. The highest BCUT2D eigenvalue weighted by atomic mass is 16.5. The minimum atomic E-state index is -0.195. The maximum atomic E-state index is 12.2. The lowest BCUT2D eigenvalue weighted by Crippen LogP contribution is -2.36. The Kier molecular flexibility index (Phi) is 4.01. The van der Waals surface area contributed by atoms with Crippen molar-refractivity contribution in [3.8, 4) is 0 Å². The summed E-state index contributed by atoms with van der Waals surface area (Å²) in [6.45, 7) is 2.62. The fourth-order valence-electron chi connectivity index (χ4n) is 2.54. The van der Waals surface area contributed by atoms with Crippen LogP contribution in [0.4, 0.5) is 0 Å². The molecule has 1 amide bonds. The molecule has 3 rings (SSSR count). The Balaban J connectivity index is 1.70. The monoisotopic (exact) mass is 286 g/mol. The lowest BCUT2D eigenvalue weighted by molar-refractivity contribution is 0.0799. The number of amides is 1. The van der Waals surface area contributed by atoms with Crippen LogP contribution in [0.5, 0.6) is 0 Å². The van der Waals surface area contributed by atoms with Gasteiger partial charge in [0.05, 0.1) is 6.04 Å². The third kappa shape index (κ3) is 2.97. The van der Waals surface area contributed by atoms with Crippen molar-refractivity contribution in [3.05, 3.63) is 53.7 Å². The molecule has 2 atom stereocenters. The number of nitrogens with one attached hydrogen (secondary N) is 1. The smallest absolute Gasteiger partial charge is 0.287 e. The van der Waals surface area contributed by atoms with E-state index in [0.717, 1.165) is 24.2 Å². The Morgan fingerprint density at radius 3 is 3.05 bits per heavy atom. The Morgan fingerprint density at radius 2 is 2.33 bits per heavy atom. The van der Waals surface area contributed by atoms with Crippen LogP contribution < -0.4 is 5.32 Å². The van der Waals surface area contributed by atoms with Crippen LogP contribution in [0.1, 0.15) is 41.3 Å². The lowest BCUT2D eigenvalue weighted by Gasteiger charge is -2.19. The predicted octanol–water partition coefficient (Wildman–Crippen LogP) is 2.50. The van der Waals surface area contributed by atoms with Gasteiger partial charge in [0.25, 0.3) is 5.91 Å². The number of nitrogens with zero attached hydrogens (tertiary/aromatic N) is 1. The van der Waals surface area contributed by atoms with Crippen molar-refractivity contribution in [3.63, 3.8) is 0 Å². The molecular weight excluding hydrogens is 268 g/mol. The zero-order valence-electron chi connectivity index (χ0n) is 11.9. The summed E-state index contributed by atoms with van der Waals surface area (Å²) in [6, 6.07) is 7.32. The molecule has 21 heavy (non-hydrogen) atoms. The molecule has 5 nitrogen and oxygen atoms in total. The highest BCUT2D eigenvalue weighted by Crippen LogP contribution is 2.28. The first-order chi connectivity index (χ1) is 10.3. The van der Waals surface area contributed by atoms with Gasteiger partial charge in [-0.2, -0.15) is 0 Å². The number of hydrogen-bond acceptors (Lipinski definition) is 4. The Morgan fingerprint density at radius 1 is 1.43 bits per heavy atom. The van der Waals surface area contributed by atoms with E-state index >= 15 is 0 Å². The Hall–Kier alpha value is -2.14. The molecule has 1 saturated heterocycles. The van der Waals surface area contributed by atoms with Gasteiger partial charge >= 0.3 is 0 Å². The lowest BCUT2D eigenvalue weighted by atomic mass is 10.0. The molecule has 1 aliphatic heterocycles. The van der Waals surface area contributed by atoms with Crippen molar-refractivity contribution in [1.29, 1.82) is 0 Å². The summed E-state index contributed by atoms with van der Waals surface area (Å²) in [5, 5.41) is 3.00. The van der Waals surface area contributed by atoms with Crippen LogP contribution in [0.2, 0.25) is 0 Å². The third-order valence-corrected chi connectivity index (χ3v) is 3.66. The normalized spacial score (nSPS) is 21.4. The van der Waals surface area contributed by atoms with Gasteiger partial charge < -0.3 is 14.5 Å². The summed E-state index contributed by atoms with van der Waals surface area (Å²) in [4.78, 5) is 16.3. The number of furan rings is 1.